The summed E-state index contributed by atoms with van der Waals surface area (Å²) in [5.74, 6) is 0.0861. The molecule has 0 aliphatic carbocycles. The number of ether oxygens (including phenoxy) is 1. The summed E-state index contributed by atoms with van der Waals surface area (Å²) in [5.41, 5.74) is 1.05. The molecule has 1 heterocycles. The highest BCUT2D eigenvalue weighted by molar-refractivity contribution is 8.26. The molecule has 1 fully saturated rings. The van der Waals surface area contributed by atoms with Crippen molar-refractivity contribution in [2.24, 2.45) is 0 Å². The Kier molecular flexibility index (Phi) is 7.37. The van der Waals surface area contributed by atoms with Crippen LogP contribution in [0.15, 0.2) is 53.4 Å². The number of thiocarbonyl (C=S) groups is 1. The Morgan fingerprint density at radius 2 is 2.06 bits per heavy atom. The Bertz CT molecular complexity index is 1070. The maximum absolute atomic E-state index is 12.7. The molecule has 8 nitrogen and oxygen atoms in total. The molecule has 0 radical (unpaired) electrons. The van der Waals surface area contributed by atoms with E-state index >= 15 is 0 Å². The van der Waals surface area contributed by atoms with E-state index in [1.54, 1.807) is 31.4 Å². The Labute approximate surface area is 188 Å². The van der Waals surface area contributed by atoms with Gasteiger partial charge in [-0.3, -0.25) is 24.6 Å². The fourth-order valence-corrected chi connectivity index (χ4v) is 4.27. The average Bonchev–Trinajstić information content (AvgIpc) is 3.01. The number of carbonyl (C=O) groups excluding carboxylic acids is 2. The molecule has 1 aliphatic rings. The lowest BCUT2D eigenvalue weighted by Gasteiger charge is -2.14. The molecule has 31 heavy (non-hydrogen) atoms. The SMILES string of the molecule is COc1cccc(/C=C2/SC(=S)N(CCNC(=O)Cc3ccccc3[N+](=O)[O-])C2=O)c1. The zero-order chi connectivity index (χ0) is 22.4. The summed E-state index contributed by atoms with van der Waals surface area (Å²) in [6, 6.07) is 13.4. The fourth-order valence-electron chi connectivity index (χ4n) is 2.96. The number of benzene rings is 2. The third-order valence-electron chi connectivity index (χ3n) is 4.46. The quantitative estimate of drug-likeness (QED) is 0.281. The number of carbonyl (C=O) groups is 2. The van der Waals surface area contributed by atoms with Gasteiger partial charge in [-0.2, -0.15) is 0 Å². The highest BCUT2D eigenvalue weighted by Crippen LogP contribution is 2.32. The van der Waals surface area contributed by atoms with E-state index in [9.17, 15) is 19.7 Å². The van der Waals surface area contributed by atoms with Crippen LogP contribution in [0.1, 0.15) is 11.1 Å². The summed E-state index contributed by atoms with van der Waals surface area (Å²) in [5, 5.41) is 13.7. The minimum Gasteiger partial charge on any atom is -0.497 e. The van der Waals surface area contributed by atoms with E-state index in [1.807, 2.05) is 24.3 Å². The van der Waals surface area contributed by atoms with Gasteiger partial charge in [0, 0.05) is 24.7 Å². The summed E-state index contributed by atoms with van der Waals surface area (Å²) < 4.78 is 5.60. The predicted molar refractivity (Wildman–Crippen MR) is 123 cm³/mol. The Balaban J connectivity index is 1.56. The van der Waals surface area contributed by atoms with Crippen LogP contribution in [-0.2, 0) is 16.0 Å². The monoisotopic (exact) mass is 457 g/mol. The number of nitrogens with zero attached hydrogens (tertiary/aromatic N) is 2. The summed E-state index contributed by atoms with van der Waals surface area (Å²) in [6.45, 7) is 0.390. The molecule has 10 heteroatoms. The van der Waals surface area contributed by atoms with Crippen LogP contribution in [-0.4, -0.2) is 46.2 Å². The van der Waals surface area contributed by atoms with Gasteiger partial charge in [-0.1, -0.05) is 54.3 Å². The fraction of sp³-hybridized carbons (Fsp3) is 0.190. The van der Waals surface area contributed by atoms with Crippen molar-refractivity contribution >= 4 is 51.9 Å². The van der Waals surface area contributed by atoms with Crippen LogP contribution in [0.3, 0.4) is 0 Å². The van der Waals surface area contributed by atoms with Gasteiger partial charge in [-0.05, 0) is 23.8 Å². The van der Waals surface area contributed by atoms with E-state index in [2.05, 4.69) is 5.32 Å². The third kappa shape index (κ3) is 5.68. The maximum Gasteiger partial charge on any atom is 0.273 e. The molecule has 0 aromatic heterocycles. The molecule has 2 aromatic rings. The molecule has 0 unspecified atom stereocenters. The van der Waals surface area contributed by atoms with Gasteiger partial charge in [0.2, 0.25) is 5.91 Å². The lowest BCUT2D eigenvalue weighted by molar-refractivity contribution is -0.385. The zero-order valence-electron chi connectivity index (χ0n) is 16.6. The third-order valence-corrected chi connectivity index (χ3v) is 5.84. The summed E-state index contributed by atoms with van der Waals surface area (Å²) in [6.07, 6.45) is 1.63. The van der Waals surface area contributed by atoms with E-state index < -0.39 is 4.92 Å². The van der Waals surface area contributed by atoms with E-state index in [0.717, 1.165) is 5.56 Å². The minimum absolute atomic E-state index is 0.0998. The number of methoxy groups -OCH3 is 1. The summed E-state index contributed by atoms with van der Waals surface area (Å²) in [4.78, 5) is 37.3. The first-order chi connectivity index (χ1) is 14.9. The van der Waals surface area contributed by atoms with E-state index in [-0.39, 0.29) is 37.0 Å². The Morgan fingerprint density at radius 3 is 2.81 bits per heavy atom. The topological polar surface area (TPSA) is 102 Å². The minimum atomic E-state index is -0.517. The number of hydrogen-bond acceptors (Lipinski definition) is 7. The van der Waals surface area contributed by atoms with E-state index in [0.29, 0.717) is 20.5 Å². The van der Waals surface area contributed by atoms with Crippen molar-refractivity contribution in [1.29, 1.82) is 0 Å². The van der Waals surface area contributed by atoms with Crippen LogP contribution >= 0.6 is 24.0 Å². The number of amides is 2. The Morgan fingerprint density at radius 1 is 1.29 bits per heavy atom. The van der Waals surface area contributed by atoms with Crippen molar-refractivity contribution in [1.82, 2.24) is 10.2 Å². The van der Waals surface area contributed by atoms with Crippen molar-refractivity contribution < 1.29 is 19.2 Å². The van der Waals surface area contributed by atoms with Crippen LogP contribution < -0.4 is 10.1 Å². The predicted octanol–water partition coefficient (Wildman–Crippen LogP) is 3.16. The normalized spacial score (nSPS) is 14.7. The molecule has 1 saturated heterocycles. The lowest BCUT2D eigenvalue weighted by Crippen LogP contribution is -2.37. The van der Waals surface area contributed by atoms with Crippen LogP contribution in [0, 0.1) is 10.1 Å². The van der Waals surface area contributed by atoms with Gasteiger partial charge in [-0.25, -0.2) is 0 Å². The molecular weight excluding hydrogens is 438 g/mol. The maximum atomic E-state index is 12.7. The number of nitro groups is 1. The molecule has 3 rings (SSSR count). The molecule has 1 aliphatic heterocycles. The first kappa shape index (κ1) is 22.4. The first-order valence-electron chi connectivity index (χ1n) is 9.27. The largest absolute Gasteiger partial charge is 0.497 e. The summed E-state index contributed by atoms with van der Waals surface area (Å²) in [7, 11) is 1.57. The van der Waals surface area contributed by atoms with Crippen LogP contribution in [0.5, 0.6) is 5.75 Å². The smallest absolute Gasteiger partial charge is 0.273 e. The van der Waals surface area contributed by atoms with Gasteiger partial charge in [0.05, 0.1) is 23.4 Å². The Hall–Kier alpha value is -3.24. The standard InChI is InChI=1S/C21H19N3O5S2/c1-29-16-7-4-5-14(11-16)12-18-20(26)23(21(30)31-18)10-9-22-19(25)13-15-6-2-3-8-17(15)24(27)28/h2-8,11-12H,9-10,13H2,1H3,(H,22,25)/b18-12+. The van der Waals surface area contributed by atoms with Crippen LogP contribution in [0.2, 0.25) is 0 Å². The number of thioether (sulfide) groups is 1. The number of hydrogen-bond donors (Lipinski definition) is 1. The number of rotatable bonds is 8. The van der Waals surface area contributed by atoms with Crippen molar-refractivity contribution in [2.75, 3.05) is 20.2 Å². The molecular formula is C21H19N3O5S2. The van der Waals surface area contributed by atoms with Gasteiger partial charge >= 0.3 is 0 Å². The highest BCUT2D eigenvalue weighted by Gasteiger charge is 2.31. The first-order valence-corrected chi connectivity index (χ1v) is 10.5. The highest BCUT2D eigenvalue weighted by atomic mass is 32.2. The summed E-state index contributed by atoms with van der Waals surface area (Å²) >= 11 is 6.50. The number of nitro benzene ring substituents is 1. The van der Waals surface area contributed by atoms with Crippen molar-refractivity contribution in [2.45, 2.75) is 6.42 Å². The second kappa shape index (κ2) is 10.2. The second-order valence-corrected chi connectivity index (χ2v) is 8.20. The van der Waals surface area contributed by atoms with Gasteiger partial charge < -0.3 is 10.1 Å². The van der Waals surface area contributed by atoms with Gasteiger partial charge in [0.1, 0.15) is 10.1 Å². The van der Waals surface area contributed by atoms with Gasteiger partial charge in [-0.15, -0.1) is 0 Å². The number of nitrogens with one attached hydrogen (secondary N) is 1. The molecule has 2 amide bonds. The average molecular weight is 458 g/mol. The second-order valence-electron chi connectivity index (χ2n) is 6.52. The molecule has 0 saturated carbocycles. The molecule has 2 aromatic carbocycles. The molecule has 1 N–H and O–H groups in total. The molecule has 0 atom stereocenters. The van der Waals surface area contributed by atoms with E-state index in [1.165, 1.54) is 22.7 Å². The lowest BCUT2D eigenvalue weighted by atomic mass is 10.1. The van der Waals surface area contributed by atoms with E-state index in [4.69, 9.17) is 17.0 Å². The molecule has 0 bridgehead atoms. The van der Waals surface area contributed by atoms with Crippen molar-refractivity contribution in [3.63, 3.8) is 0 Å². The van der Waals surface area contributed by atoms with Crippen molar-refractivity contribution in [3.8, 4) is 5.75 Å². The molecule has 160 valence electrons. The van der Waals surface area contributed by atoms with Crippen molar-refractivity contribution in [3.05, 3.63) is 74.7 Å². The van der Waals surface area contributed by atoms with Gasteiger partial charge in [0.15, 0.2) is 0 Å². The number of para-hydroxylation sites is 1. The van der Waals surface area contributed by atoms with Gasteiger partial charge in [0.25, 0.3) is 11.6 Å². The zero-order valence-corrected chi connectivity index (χ0v) is 18.2. The van der Waals surface area contributed by atoms with Crippen LogP contribution in [0.25, 0.3) is 6.08 Å². The van der Waals surface area contributed by atoms with Crippen LogP contribution in [0.4, 0.5) is 5.69 Å². The molecule has 0 spiro atoms.